The van der Waals surface area contributed by atoms with Gasteiger partial charge < -0.3 is 10.2 Å². The van der Waals surface area contributed by atoms with Crippen molar-refractivity contribution in [2.75, 3.05) is 20.6 Å². The first kappa shape index (κ1) is 16.7. The van der Waals surface area contributed by atoms with E-state index in [2.05, 4.69) is 41.3 Å². The van der Waals surface area contributed by atoms with Crippen LogP contribution >= 0.6 is 0 Å². The molecule has 1 unspecified atom stereocenters. The zero-order valence-corrected chi connectivity index (χ0v) is 15.0. The summed E-state index contributed by atoms with van der Waals surface area (Å²) in [6, 6.07) is 8.48. The highest BCUT2D eigenvalue weighted by atomic mass is 16.2. The summed E-state index contributed by atoms with van der Waals surface area (Å²) >= 11 is 0. The molecular formula is C19H26N4O. The largest absolute Gasteiger partial charge is 0.349 e. The molecule has 1 heterocycles. The molecule has 24 heavy (non-hydrogen) atoms. The van der Waals surface area contributed by atoms with Gasteiger partial charge in [-0.25, -0.2) is 4.68 Å². The fourth-order valence-corrected chi connectivity index (χ4v) is 3.13. The van der Waals surface area contributed by atoms with Gasteiger partial charge in [-0.1, -0.05) is 18.2 Å². The van der Waals surface area contributed by atoms with Crippen molar-refractivity contribution in [3.63, 3.8) is 0 Å². The predicted octanol–water partition coefficient (Wildman–Crippen LogP) is 2.35. The summed E-state index contributed by atoms with van der Waals surface area (Å²) in [5.41, 5.74) is 5.14. The van der Waals surface area contributed by atoms with Crippen molar-refractivity contribution in [1.82, 2.24) is 20.0 Å². The van der Waals surface area contributed by atoms with Gasteiger partial charge in [0.25, 0.3) is 5.91 Å². The number of carbonyl (C=O) groups excluding carboxylic acids is 1. The number of benzene rings is 1. The van der Waals surface area contributed by atoms with Crippen LogP contribution in [0.4, 0.5) is 0 Å². The first-order valence-corrected chi connectivity index (χ1v) is 8.60. The molecule has 5 nitrogen and oxygen atoms in total. The van der Waals surface area contributed by atoms with Crippen LogP contribution in [0, 0.1) is 6.92 Å². The van der Waals surface area contributed by atoms with Gasteiger partial charge in [0, 0.05) is 23.8 Å². The number of rotatable bonds is 5. The average molecular weight is 326 g/mol. The lowest BCUT2D eigenvalue weighted by molar-refractivity contribution is 0.0937. The van der Waals surface area contributed by atoms with E-state index >= 15 is 0 Å². The Bertz CT molecular complexity index is 748. The van der Waals surface area contributed by atoms with Crippen molar-refractivity contribution < 1.29 is 4.79 Å². The fraction of sp³-hybridized carbons (Fsp3) is 0.474. The SMILES string of the molecule is Cc1ccccc1-n1nc(C(=O)NCC(C)N(C)C)c2c1CCC2. The minimum Gasteiger partial charge on any atom is -0.349 e. The van der Waals surface area contributed by atoms with Gasteiger partial charge in [0.05, 0.1) is 5.69 Å². The van der Waals surface area contributed by atoms with Crippen molar-refractivity contribution in [3.05, 3.63) is 46.8 Å². The third-order valence-electron chi connectivity index (χ3n) is 4.93. The van der Waals surface area contributed by atoms with Gasteiger partial charge in [-0.2, -0.15) is 5.10 Å². The van der Waals surface area contributed by atoms with Gasteiger partial charge in [0.2, 0.25) is 0 Å². The molecule has 1 atom stereocenters. The molecule has 3 rings (SSSR count). The minimum absolute atomic E-state index is 0.0609. The van der Waals surface area contributed by atoms with Gasteiger partial charge in [-0.15, -0.1) is 0 Å². The second-order valence-electron chi connectivity index (χ2n) is 6.85. The van der Waals surface area contributed by atoms with Gasteiger partial charge >= 0.3 is 0 Å². The lowest BCUT2D eigenvalue weighted by Crippen LogP contribution is -2.38. The Morgan fingerprint density at radius 3 is 2.79 bits per heavy atom. The molecule has 1 N–H and O–H groups in total. The minimum atomic E-state index is -0.0609. The summed E-state index contributed by atoms with van der Waals surface area (Å²) in [5.74, 6) is -0.0609. The monoisotopic (exact) mass is 326 g/mol. The maximum atomic E-state index is 12.7. The van der Waals surface area contributed by atoms with Crippen molar-refractivity contribution in [2.45, 2.75) is 39.2 Å². The van der Waals surface area contributed by atoms with E-state index in [4.69, 9.17) is 0 Å². The second kappa shape index (κ2) is 6.77. The molecular weight excluding hydrogens is 300 g/mol. The quantitative estimate of drug-likeness (QED) is 0.917. The van der Waals surface area contributed by atoms with E-state index in [0.29, 0.717) is 18.3 Å². The van der Waals surface area contributed by atoms with Crippen LogP contribution in [0.2, 0.25) is 0 Å². The van der Waals surface area contributed by atoms with Crippen molar-refractivity contribution >= 4 is 5.91 Å². The number of likely N-dealkylation sites (N-methyl/N-ethyl adjacent to an activating group) is 1. The number of hydrogen-bond donors (Lipinski definition) is 1. The van der Waals surface area contributed by atoms with Crippen molar-refractivity contribution in [3.8, 4) is 5.69 Å². The molecule has 1 aliphatic rings. The normalized spacial score (nSPS) is 14.7. The highest BCUT2D eigenvalue weighted by molar-refractivity contribution is 5.94. The standard InChI is InChI=1S/C19H26N4O/c1-13-8-5-6-10-16(13)23-17-11-7-9-15(17)18(21-23)19(24)20-12-14(2)22(3)4/h5-6,8,10,14H,7,9,11-12H2,1-4H3,(H,20,24). The maximum absolute atomic E-state index is 12.7. The van der Waals surface area contributed by atoms with Crippen LogP contribution in [0.3, 0.4) is 0 Å². The van der Waals surface area contributed by atoms with Gasteiger partial charge in [0.15, 0.2) is 5.69 Å². The average Bonchev–Trinajstić information content (AvgIpc) is 3.15. The molecule has 1 aromatic heterocycles. The molecule has 1 aliphatic carbocycles. The zero-order valence-electron chi connectivity index (χ0n) is 15.0. The summed E-state index contributed by atoms with van der Waals surface area (Å²) in [4.78, 5) is 14.7. The lowest BCUT2D eigenvalue weighted by atomic mass is 10.1. The van der Waals surface area contributed by atoms with Crippen LogP contribution in [0.25, 0.3) is 5.69 Å². The predicted molar refractivity (Wildman–Crippen MR) is 95.8 cm³/mol. The van der Waals surface area contributed by atoms with Gasteiger partial charge in [0.1, 0.15) is 0 Å². The van der Waals surface area contributed by atoms with E-state index in [1.54, 1.807) is 0 Å². The molecule has 0 spiro atoms. The third-order valence-corrected chi connectivity index (χ3v) is 4.93. The number of carbonyl (C=O) groups is 1. The second-order valence-corrected chi connectivity index (χ2v) is 6.85. The topological polar surface area (TPSA) is 50.2 Å². The van der Waals surface area contributed by atoms with Gasteiger partial charge in [-0.3, -0.25) is 4.79 Å². The van der Waals surface area contributed by atoms with Crippen LogP contribution in [0.1, 0.15) is 40.7 Å². The molecule has 2 aromatic rings. The zero-order chi connectivity index (χ0) is 17.3. The van der Waals surface area contributed by atoms with Crippen LogP contribution in [0.15, 0.2) is 24.3 Å². The third kappa shape index (κ3) is 3.08. The molecule has 0 bridgehead atoms. The van der Waals surface area contributed by atoms with E-state index in [9.17, 15) is 4.79 Å². The summed E-state index contributed by atoms with van der Waals surface area (Å²) in [6.07, 6.45) is 3.01. The molecule has 0 fully saturated rings. The summed E-state index contributed by atoms with van der Waals surface area (Å²) in [7, 11) is 4.03. The smallest absolute Gasteiger partial charge is 0.272 e. The van der Waals surface area contributed by atoms with Crippen LogP contribution < -0.4 is 5.32 Å². The Morgan fingerprint density at radius 1 is 1.33 bits per heavy atom. The Morgan fingerprint density at radius 2 is 2.08 bits per heavy atom. The van der Waals surface area contributed by atoms with Crippen molar-refractivity contribution in [2.24, 2.45) is 0 Å². The number of fused-ring (bicyclic) bond motifs is 1. The molecule has 128 valence electrons. The number of hydrogen-bond acceptors (Lipinski definition) is 3. The van der Waals surface area contributed by atoms with E-state index in [1.165, 1.54) is 11.3 Å². The number of amides is 1. The Hall–Kier alpha value is -2.14. The Kier molecular flexibility index (Phi) is 4.71. The highest BCUT2D eigenvalue weighted by Gasteiger charge is 2.27. The van der Waals surface area contributed by atoms with E-state index in [1.807, 2.05) is 30.9 Å². The first-order valence-electron chi connectivity index (χ1n) is 8.60. The fourth-order valence-electron chi connectivity index (χ4n) is 3.13. The molecule has 0 saturated heterocycles. The number of aromatic nitrogens is 2. The molecule has 1 aromatic carbocycles. The van der Waals surface area contributed by atoms with Gasteiger partial charge in [-0.05, 0) is 58.8 Å². The van der Waals surface area contributed by atoms with Crippen LogP contribution in [-0.4, -0.2) is 47.3 Å². The Labute approximate surface area is 143 Å². The lowest BCUT2D eigenvalue weighted by Gasteiger charge is -2.19. The summed E-state index contributed by atoms with van der Waals surface area (Å²) in [5, 5.41) is 7.71. The van der Waals surface area contributed by atoms with Crippen molar-refractivity contribution in [1.29, 1.82) is 0 Å². The molecule has 0 radical (unpaired) electrons. The number of para-hydroxylation sites is 1. The van der Waals surface area contributed by atoms with Crippen LogP contribution in [-0.2, 0) is 12.8 Å². The van der Waals surface area contributed by atoms with E-state index < -0.39 is 0 Å². The molecule has 5 heteroatoms. The summed E-state index contributed by atoms with van der Waals surface area (Å²) in [6.45, 7) is 4.80. The van der Waals surface area contributed by atoms with Crippen LogP contribution in [0.5, 0.6) is 0 Å². The molecule has 0 aliphatic heterocycles. The maximum Gasteiger partial charge on any atom is 0.272 e. The number of nitrogens with zero attached hydrogens (tertiary/aromatic N) is 3. The van der Waals surface area contributed by atoms with E-state index in [0.717, 1.165) is 30.5 Å². The molecule has 0 saturated carbocycles. The first-order chi connectivity index (χ1) is 11.5. The van der Waals surface area contributed by atoms with E-state index in [-0.39, 0.29) is 5.91 Å². The number of aryl methyl sites for hydroxylation is 1. The Balaban J connectivity index is 1.89. The number of nitrogens with one attached hydrogen (secondary N) is 1. The summed E-state index contributed by atoms with van der Waals surface area (Å²) < 4.78 is 1.97. The molecule has 1 amide bonds. The highest BCUT2D eigenvalue weighted by Crippen LogP contribution is 2.28.